The van der Waals surface area contributed by atoms with Crippen LogP contribution in [-0.2, 0) is 17.8 Å². The van der Waals surface area contributed by atoms with E-state index in [2.05, 4.69) is 33.4 Å². The van der Waals surface area contributed by atoms with Crippen LogP contribution in [0.15, 0.2) is 48.8 Å². The zero-order chi connectivity index (χ0) is 20.8. The Balaban J connectivity index is 1.42. The molecule has 5 heteroatoms. The summed E-state index contributed by atoms with van der Waals surface area (Å²) in [5.41, 5.74) is 2.26. The van der Waals surface area contributed by atoms with E-state index in [0.29, 0.717) is 6.61 Å². The fraction of sp³-hybridized carbons (Fsp3) is 0.520. The smallest absolute Gasteiger partial charge is 0.226 e. The maximum atomic E-state index is 13.3. The first-order valence-corrected chi connectivity index (χ1v) is 11.3. The number of aromatic nitrogens is 1. The molecular formula is C25H33N3O2. The summed E-state index contributed by atoms with van der Waals surface area (Å²) in [6, 6.07) is 12.4. The molecule has 0 unspecified atom stereocenters. The molecule has 30 heavy (non-hydrogen) atoms. The summed E-state index contributed by atoms with van der Waals surface area (Å²) < 4.78 is 6.05. The maximum Gasteiger partial charge on any atom is 0.226 e. The van der Waals surface area contributed by atoms with E-state index in [-0.39, 0.29) is 17.4 Å². The van der Waals surface area contributed by atoms with Gasteiger partial charge in [-0.05, 0) is 75.4 Å². The van der Waals surface area contributed by atoms with E-state index in [4.69, 9.17) is 4.74 Å². The lowest BCUT2D eigenvalue weighted by atomic mass is 9.73. The number of pyridine rings is 1. The van der Waals surface area contributed by atoms with Crippen molar-refractivity contribution in [1.29, 1.82) is 0 Å². The van der Waals surface area contributed by atoms with Gasteiger partial charge in [0.1, 0.15) is 12.4 Å². The number of hydrogen-bond acceptors (Lipinski definition) is 4. The Hall–Kier alpha value is -2.40. The molecule has 1 N–H and O–H groups in total. The molecule has 3 heterocycles. The molecule has 1 amide bonds. The fourth-order valence-electron chi connectivity index (χ4n) is 4.74. The van der Waals surface area contributed by atoms with Crippen LogP contribution in [0.1, 0.15) is 50.2 Å². The second kappa shape index (κ2) is 9.61. The molecule has 160 valence electrons. The zero-order valence-corrected chi connectivity index (χ0v) is 18.0. The van der Waals surface area contributed by atoms with Gasteiger partial charge in [0.2, 0.25) is 5.91 Å². The topological polar surface area (TPSA) is 54.5 Å². The number of amides is 1. The van der Waals surface area contributed by atoms with E-state index in [9.17, 15) is 4.79 Å². The second-order valence-electron chi connectivity index (χ2n) is 8.92. The molecule has 1 spiro atoms. The third-order valence-corrected chi connectivity index (χ3v) is 6.61. The maximum absolute atomic E-state index is 13.3. The first-order valence-electron chi connectivity index (χ1n) is 11.3. The Morgan fingerprint density at radius 2 is 1.97 bits per heavy atom. The van der Waals surface area contributed by atoms with Crippen LogP contribution in [-0.4, -0.2) is 41.5 Å². The predicted molar refractivity (Wildman–Crippen MR) is 118 cm³/mol. The lowest BCUT2D eigenvalue weighted by molar-refractivity contribution is -0.135. The number of para-hydroxylation sites is 1. The molecule has 1 fully saturated rings. The van der Waals surface area contributed by atoms with Crippen LogP contribution in [0.25, 0.3) is 0 Å². The summed E-state index contributed by atoms with van der Waals surface area (Å²) in [7, 11) is 0. The number of benzene rings is 1. The number of nitrogens with one attached hydrogen (secondary N) is 1. The highest BCUT2D eigenvalue weighted by molar-refractivity contribution is 5.83. The highest BCUT2D eigenvalue weighted by atomic mass is 16.5. The van der Waals surface area contributed by atoms with Crippen LogP contribution < -0.4 is 10.1 Å². The van der Waals surface area contributed by atoms with Crippen molar-refractivity contribution >= 4 is 5.91 Å². The number of likely N-dealkylation sites (tertiary alicyclic amines) is 1. The van der Waals surface area contributed by atoms with Gasteiger partial charge >= 0.3 is 0 Å². The number of carbonyl (C=O) groups excluding carboxylic acids is 1. The molecule has 0 radical (unpaired) electrons. The first-order chi connectivity index (χ1) is 14.6. The third-order valence-electron chi connectivity index (χ3n) is 6.61. The van der Waals surface area contributed by atoms with Crippen molar-refractivity contribution in [2.24, 2.45) is 5.41 Å². The molecule has 0 saturated carbocycles. The summed E-state index contributed by atoms with van der Waals surface area (Å²) in [5, 5.41) is 3.26. The summed E-state index contributed by atoms with van der Waals surface area (Å²) in [6.45, 7) is 5.36. The number of piperidine rings is 1. The van der Waals surface area contributed by atoms with Crippen LogP contribution in [0.3, 0.4) is 0 Å². The molecule has 1 atom stereocenters. The van der Waals surface area contributed by atoms with Crippen molar-refractivity contribution in [3.05, 3.63) is 59.9 Å². The van der Waals surface area contributed by atoms with E-state index in [1.165, 1.54) is 11.1 Å². The van der Waals surface area contributed by atoms with Gasteiger partial charge in [-0.3, -0.25) is 14.7 Å². The average molecular weight is 408 g/mol. The van der Waals surface area contributed by atoms with E-state index < -0.39 is 0 Å². The van der Waals surface area contributed by atoms with Crippen molar-refractivity contribution < 1.29 is 9.53 Å². The van der Waals surface area contributed by atoms with Gasteiger partial charge in [0.05, 0.1) is 11.5 Å². The predicted octanol–water partition coefficient (Wildman–Crippen LogP) is 3.97. The summed E-state index contributed by atoms with van der Waals surface area (Å²) in [4.78, 5) is 20.0. The van der Waals surface area contributed by atoms with Crippen LogP contribution in [0.5, 0.6) is 5.75 Å². The number of carbonyl (C=O) groups is 1. The number of hydrogen-bond donors (Lipinski definition) is 1. The minimum atomic E-state index is -0.252. The van der Waals surface area contributed by atoms with Gasteiger partial charge < -0.3 is 10.1 Å². The molecule has 2 aliphatic rings. The molecule has 2 aliphatic heterocycles. The van der Waals surface area contributed by atoms with Gasteiger partial charge in [-0.1, -0.05) is 30.7 Å². The molecular weight excluding hydrogens is 374 g/mol. The van der Waals surface area contributed by atoms with Gasteiger partial charge in [0, 0.05) is 18.9 Å². The first kappa shape index (κ1) is 20.9. The number of fused-ring (bicyclic) bond motifs is 1. The van der Waals surface area contributed by atoms with Crippen molar-refractivity contribution in [2.75, 3.05) is 19.7 Å². The van der Waals surface area contributed by atoms with Crippen molar-refractivity contribution in [3.8, 4) is 5.75 Å². The number of aryl methyl sites for hydroxylation is 1. The van der Waals surface area contributed by atoms with Gasteiger partial charge in [0.15, 0.2) is 0 Å². The zero-order valence-electron chi connectivity index (χ0n) is 18.0. The van der Waals surface area contributed by atoms with Gasteiger partial charge in [-0.15, -0.1) is 0 Å². The fourth-order valence-corrected chi connectivity index (χ4v) is 4.74. The average Bonchev–Trinajstić information content (AvgIpc) is 2.77. The van der Waals surface area contributed by atoms with E-state index in [0.717, 1.165) is 63.9 Å². The Kier molecular flexibility index (Phi) is 6.68. The lowest BCUT2D eigenvalue weighted by Crippen LogP contribution is -2.51. The number of nitrogens with zero attached hydrogens (tertiary/aromatic N) is 2. The normalized spacial score (nSPS) is 22.8. The van der Waals surface area contributed by atoms with Gasteiger partial charge in [0.25, 0.3) is 0 Å². The molecule has 0 bridgehead atoms. The standard InChI is InChI=1S/C25H33N3O2/c1-20-19-30-23-10-3-2-8-22(23)9-4-5-11-25(24(29)27-20)12-15-28(16-13-25)18-21-7-6-14-26-17-21/h2-3,6-8,10,14,17,20H,4-5,9,11-13,15-16,18-19H2,1H3,(H,27,29)/t20-/m1/s1. The lowest BCUT2D eigenvalue weighted by Gasteiger charge is -2.41. The number of rotatable bonds is 2. The molecule has 0 aliphatic carbocycles. The van der Waals surface area contributed by atoms with E-state index >= 15 is 0 Å². The van der Waals surface area contributed by atoms with Crippen LogP contribution in [0, 0.1) is 5.41 Å². The van der Waals surface area contributed by atoms with E-state index in [1.807, 2.05) is 37.5 Å². The van der Waals surface area contributed by atoms with Gasteiger partial charge in [-0.25, -0.2) is 0 Å². The summed E-state index contributed by atoms with van der Waals surface area (Å²) >= 11 is 0. The van der Waals surface area contributed by atoms with E-state index in [1.54, 1.807) is 0 Å². The Bertz CT molecular complexity index is 831. The Labute approximate surface area is 179 Å². The molecule has 1 aromatic heterocycles. The molecule has 5 nitrogen and oxygen atoms in total. The highest BCUT2D eigenvalue weighted by Gasteiger charge is 2.41. The van der Waals surface area contributed by atoms with Gasteiger partial charge in [-0.2, -0.15) is 0 Å². The Morgan fingerprint density at radius 1 is 1.13 bits per heavy atom. The van der Waals surface area contributed by atoms with Crippen molar-refractivity contribution in [1.82, 2.24) is 15.2 Å². The SMILES string of the molecule is C[C@@H]1COc2ccccc2CCCCC2(CCN(Cc3cccnc3)CC2)C(=O)N1. The minimum Gasteiger partial charge on any atom is -0.491 e. The molecule has 2 aromatic rings. The van der Waals surface area contributed by atoms with Crippen molar-refractivity contribution in [2.45, 2.75) is 58.0 Å². The van der Waals surface area contributed by atoms with Crippen LogP contribution in [0.2, 0.25) is 0 Å². The monoisotopic (exact) mass is 407 g/mol. The quantitative estimate of drug-likeness (QED) is 0.818. The molecule has 1 saturated heterocycles. The highest BCUT2D eigenvalue weighted by Crippen LogP contribution is 2.38. The largest absolute Gasteiger partial charge is 0.491 e. The summed E-state index contributed by atoms with van der Waals surface area (Å²) in [5.74, 6) is 1.17. The summed E-state index contributed by atoms with van der Waals surface area (Å²) in [6.07, 6.45) is 9.72. The molecule has 1 aromatic carbocycles. The third kappa shape index (κ3) is 5.01. The second-order valence-corrected chi connectivity index (χ2v) is 8.92. The minimum absolute atomic E-state index is 0.00437. The Morgan fingerprint density at radius 3 is 2.77 bits per heavy atom. The van der Waals surface area contributed by atoms with Crippen LogP contribution in [0.4, 0.5) is 0 Å². The number of ether oxygens (including phenoxy) is 1. The molecule has 4 rings (SSSR count). The van der Waals surface area contributed by atoms with Crippen molar-refractivity contribution in [3.63, 3.8) is 0 Å². The van der Waals surface area contributed by atoms with Crippen LogP contribution >= 0.6 is 0 Å².